The minimum Gasteiger partial charge on any atom is -0.493 e. The van der Waals surface area contributed by atoms with Crippen molar-refractivity contribution in [3.05, 3.63) is 36.2 Å². The minimum absolute atomic E-state index is 0.0163. The lowest BCUT2D eigenvalue weighted by Gasteiger charge is -2.11. The summed E-state index contributed by atoms with van der Waals surface area (Å²) < 4.78 is 7.10. The highest BCUT2D eigenvalue weighted by Crippen LogP contribution is 2.12. The number of aliphatic carboxylic acids is 1. The number of carboxylic acid groups (broad SMARTS) is 1. The van der Waals surface area contributed by atoms with Gasteiger partial charge in [0, 0.05) is 6.42 Å². The van der Waals surface area contributed by atoms with Crippen molar-refractivity contribution in [3.8, 4) is 5.75 Å². The van der Waals surface area contributed by atoms with Gasteiger partial charge >= 0.3 is 5.97 Å². The van der Waals surface area contributed by atoms with E-state index in [4.69, 9.17) is 9.84 Å². The summed E-state index contributed by atoms with van der Waals surface area (Å²) in [6, 6.07) is 9.17. The summed E-state index contributed by atoms with van der Waals surface area (Å²) in [5, 5.41) is 20.1. The topological polar surface area (TPSA) is 90.1 Å². The second kappa shape index (κ2) is 6.65. The molecule has 7 nitrogen and oxygen atoms in total. The van der Waals surface area contributed by atoms with Crippen molar-refractivity contribution in [2.75, 3.05) is 6.61 Å². The lowest BCUT2D eigenvalue weighted by Crippen LogP contribution is -2.16. The van der Waals surface area contributed by atoms with Crippen LogP contribution in [-0.2, 0) is 11.2 Å². The van der Waals surface area contributed by atoms with Gasteiger partial charge in [-0.1, -0.05) is 18.2 Å². The van der Waals surface area contributed by atoms with Gasteiger partial charge in [-0.2, -0.15) is 0 Å². The molecule has 1 N–H and O–H groups in total. The predicted octanol–water partition coefficient (Wildman–Crippen LogP) is 1.33. The highest BCUT2D eigenvalue weighted by Gasteiger charge is 2.15. The maximum atomic E-state index is 10.7. The van der Waals surface area contributed by atoms with Crippen molar-refractivity contribution in [2.45, 2.75) is 25.8 Å². The molecule has 0 spiro atoms. The van der Waals surface area contributed by atoms with Crippen LogP contribution in [0.1, 0.15) is 25.2 Å². The van der Waals surface area contributed by atoms with Gasteiger partial charge in [-0.15, -0.1) is 5.10 Å². The zero-order chi connectivity index (χ0) is 14.4. The van der Waals surface area contributed by atoms with Crippen LogP contribution >= 0.6 is 0 Å². The third-order valence-electron chi connectivity index (χ3n) is 2.79. The van der Waals surface area contributed by atoms with E-state index in [0.29, 0.717) is 18.9 Å². The van der Waals surface area contributed by atoms with Gasteiger partial charge in [-0.3, -0.25) is 4.79 Å². The summed E-state index contributed by atoms with van der Waals surface area (Å²) >= 11 is 0. The number of hydrogen-bond donors (Lipinski definition) is 1. The zero-order valence-corrected chi connectivity index (χ0v) is 11.1. The normalized spacial score (nSPS) is 12.1. The Kier molecular flexibility index (Phi) is 4.65. The summed E-state index contributed by atoms with van der Waals surface area (Å²) in [6.45, 7) is 2.20. The van der Waals surface area contributed by atoms with Crippen molar-refractivity contribution in [1.82, 2.24) is 20.2 Å². The first-order chi connectivity index (χ1) is 9.66. The first-order valence-corrected chi connectivity index (χ1v) is 6.33. The Bertz CT molecular complexity index is 556. The SMILES string of the molecule is CC(CC(=O)O)n1nnnc1CCOc1ccccc1. The fraction of sp³-hybridized carbons (Fsp3) is 0.385. The molecule has 0 aliphatic rings. The van der Waals surface area contributed by atoms with Crippen molar-refractivity contribution in [2.24, 2.45) is 0 Å². The zero-order valence-electron chi connectivity index (χ0n) is 11.1. The van der Waals surface area contributed by atoms with Gasteiger partial charge in [0.15, 0.2) is 5.82 Å². The third-order valence-corrected chi connectivity index (χ3v) is 2.79. The number of benzene rings is 1. The summed E-state index contributed by atoms with van der Waals surface area (Å²) in [4.78, 5) is 10.7. The average molecular weight is 276 g/mol. The molecule has 0 radical (unpaired) electrons. The van der Waals surface area contributed by atoms with Crippen molar-refractivity contribution < 1.29 is 14.6 Å². The van der Waals surface area contributed by atoms with Gasteiger partial charge in [0.25, 0.3) is 0 Å². The van der Waals surface area contributed by atoms with E-state index in [0.717, 1.165) is 5.75 Å². The molecular formula is C13H16N4O3. The largest absolute Gasteiger partial charge is 0.493 e. The monoisotopic (exact) mass is 276 g/mol. The molecule has 1 atom stereocenters. The molecule has 7 heteroatoms. The van der Waals surface area contributed by atoms with E-state index in [9.17, 15) is 4.79 Å². The number of ether oxygens (including phenoxy) is 1. The van der Waals surface area contributed by atoms with Crippen molar-refractivity contribution in [3.63, 3.8) is 0 Å². The Morgan fingerprint density at radius 2 is 2.15 bits per heavy atom. The number of hydrogen-bond acceptors (Lipinski definition) is 5. The van der Waals surface area contributed by atoms with Crippen LogP contribution in [0.15, 0.2) is 30.3 Å². The molecule has 0 bridgehead atoms. The number of carboxylic acids is 1. The number of carbonyl (C=O) groups is 1. The first kappa shape index (κ1) is 14.0. The Morgan fingerprint density at radius 1 is 1.40 bits per heavy atom. The number of aromatic nitrogens is 4. The van der Waals surface area contributed by atoms with Gasteiger partial charge < -0.3 is 9.84 Å². The molecule has 1 unspecified atom stereocenters. The molecule has 0 saturated heterocycles. The van der Waals surface area contributed by atoms with Crippen LogP contribution in [0.3, 0.4) is 0 Å². The highest BCUT2D eigenvalue weighted by atomic mass is 16.5. The smallest absolute Gasteiger partial charge is 0.305 e. The molecule has 106 valence electrons. The standard InChI is InChI=1S/C13H16N4O3/c1-10(9-13(18)19)17-12(14-15-16-17)7-8-20-11-5-3-2-4-6-11/h2-6,10H,7-9H2,1H3,(H,18,19). The molecule has 20 heavy (non-hydrogen) atoms. The molecule has 1 aromatic heterocycles. The van der Waals surface area contributed by atoms with Crippen LogP contribution in [-0.4, -0.2) is 37.9 Å². The van der Waals surface area contributed by atoms with Crippen LogP contribution in [0.25, 0.3) is 0 Å². The lowest BCUT2D eigenvalue weighted by atomic mass is 10.2. The van der Waals surface area contributed by atoms with E-state index in [1.165, 1.54) is 4.68 Å². The van der Waals surface area contributed by atoms with Gasteiger partial charge in [-0.25, -0.2) is 4.68 Å². The molecule has 1 heterocycles. The fourth-order valence-electron chi connectivity index (χ4n) is 1.84. The average Bonchev–Trinajstić information content (AvgIpc) is 2.88. The van der Waals surface area contributed by atoms with E-state index >= 15 is 0 Å². The van der Waals surface area contributed by atoms with Crippen molar-refractivity contribution in [1.29, 1.82) is 0 Å². The molecule has 2 rings (SSSR count). The van der Waals surface area contributed by atoms with Crippen LogP contribution in [0, 0.1) is 0 Å². The van der Waals surface area contributed by atoms with Crippen molar-refractivity contribution >= 4 is 5.97 Å². The maximum Gasteiger partial charge on any atom is 0.305 e. The molecule has 0 aliphatic carbocycles. The van der Waals surface area contributed by atoms with E-state index in [-0.39, 0.29) is 12.5 Å². The molecule has 0 fully saturated rings. The minimum atomic E-state index is -0.875. The van der Waals surface area contributed by atoms with Crippen LogP contribution in [0.2, 0.25) is 0 Å². The fourth-order valence-corrected chi connectivity index (χ4v) is 1.84. The highest BCUT2D eigenvalue weighted by molar-refractivity contribution is 5.67. The van der Waals surface area contributed by atoms with Gasteiger partial charge in [0.2, 0.25) is 0 Å². The first-order valence-electron chi connectivity index (χ1n) is 6.33. The van der Waals surface area contributed by atoms with Gasteiger partial charge in [0.1, 0.15) is 5.75 Å². The Labute approximate surface area is 116 Å². The number of tetrazole rings is 1. The number of nitrogens with zero attached hydrogens (tertiary/aromatic N) is 4. The lowest BCUT2D eigenvalue weighted by molar-refractivity contribution is -0.137. The second-order valence-electron chi connectivity index (χ2n) is 4.40. The Hall–Kier alpha value is -2.44. The van der Waals surface area contributed by atoms with Crippen LogP contribution in [0.4, 0.5) is 0 Å². The molecule has 0 aliphatic heterocycles. The summed E-state index contributed by atoms with van der Waals surface area (Å²) in [5.74, 6) is 0.527. The van der Waals surface area contributed by atoms with Gasteiger partial charge in [-0.05, 0) is 29.5 Å². The molecular weight excluding hydrogens is 260 g/mol. The van der Waals surface area contributed by atoms with E-state index in [1.807, 2.05) is 30.3 Å². The van der Waals surface area contributed by atoms with Crippen LogP contribution in [0.5, 0.6) is 5.75 Å². The van der Waals surface area contributed by atoms with Gasteiger partial charge in [0.05, 0.1) is 19.1 Å². The predicted molar refractivity (Wildman–Crippen MR) is 70.4 cm³/mol. The Balaban J connectivity index is 1.90. The summed E-state index contributed by atoms with van der Waals surface area (Å²) in [6.07, 6.45) is 0.503. The number of rotatable bonds is 7. The summed E-state index contributed by atoms with van der Waals surface area (Å²) in [7, 11) is 0. The molecule has 2 aromatic rings. The third kappa shape index (κ3) is 3.78. The Morgan fingerprint density at radius 3 is 2.85 bits per heavy atom. The van der Waals surface area contributed by atoms with E-state index < -0.39 is 5.97 Å². The molecule has 0 saturated carbocycles. The maximum absolute atomic E-state index is 10.7. The molecule has 1 aromatic carbocycles. The van der Waals surface area contributed by atoms with E-state index in [2.05, 4.69) is 15.5 Å². The van der Waals surface area contributed by atoms with Crippen LogP contribution < -0.4 is 4.74 Å². The quantitative estimate of drug-likeness (QED) is 0.820. The number of para-hydroxylation sites is 1. The second-order valence-corrected chi connectivity index (χ2v) is 4.40. The van der Waals surface area contributed by atoms with E-state index in [1.54, 1.807) is 6.92 Å². The molecule has 0 amide bonds. The summed E-state index contributed by atoms with van der Waals surface area (Å²) in [5.41, 5.74) is 0.